The van der Waals surface area contributed by atoms with Gasteiger partial charge in [-0.1, -0.05) is 71.8 Å². The quantitative estimate of drug-likeness (QED) is 0.453. The molecular weight excluding hydrogens is 398 g/mol. The van der Waals surface area contributed by atoms with Crippen molar-refractivity contribution >= 4 is 11.6 Å². The first kappa shape index (κ1) is 22.2. The molecule has 0 unspecified atom stereocenters. The van der Waals surface area contributed by atoms with Crippen LogP contribution in [0.4, 0.5) is 0 Å². The fraction of sp³-hybridized carbons (Fsp3) is 0.280. The molecule has 0 amide bonds. The molecule has 0 aliphatic heterocycles. The van der Waals surface area contributed by atoms with Crippen molar-refractivity contribution in [1.29, 1.82) is 0 Å². The molecule has 0 aliphatic carbocycles. The Bertz CT molecular complexity index is 946. The Hall–Kier alpha value is -2.53. The van der Waals surface area contributed by atoms with Crippen molar-refractivity contribution in [2.75, 3.05) is 13.2 Å². The standard InChI is InChI=1S/C25H28ClNO3/c1-3-29-24-14-20(15-27-16-23(28)21-10-5-4-6-11-21)13-22(26)25(24)30-17-19-9-7-8-18(2)12-19/h4-14,23,27-28H,3,15-17H2,1-2H3/t23-/m0/s1. The van der Waals surface area contributed by atoms with Gasteiger partial charge < -0.3 is 19.9 Å². The predicted molar refractivity (Wildman–Crippen MR) is 121 cm³/mol. The van der Waals surface area contributed by atoms with Gasteiger partial charge in [0.05, 0.1) is 17.7 Å². The van der Waals surface area contributed by atoms with Crippen LogP contribution in [0.15, 0.2) is 66.7 Å². The van der Waals surface area contributed by atoms with Crippen molar-refractivity contribution in [3.63, 3.8) is 0 Å². The van der Waals surface area contributed by atoms with E-state index in [2.05, 4.69) is 24.4 Å². The van der Waals surface area contributed by atoms with Crippen LogP contribution < -0.4 is 14.8 Å². The largest absolute Gasteiger partial charge is 0.490 e. The molecule has 0 saturated heterocycles. The van der Waals surface area contributed by atoms with Crippen LogP contribution in [-0.2, 0) is 13.2 Å². The van der Waals surface area contributed by atoms with Gasteiger partial charge in [-0.15, -0.1) is 0 Å². The Balaban J connectivity index is 1.64. The molecule has 0 aliphatic rings. The molecule has 5 heteroatoms. The monoisotopic (exact) mass is 425 g/mol. The van der Waals surface area contributed by atoms with Gasteiger partial charge in [0.1, 0.15) is 6.61 Å². The number of rotatable bonds is 10. The SMILES string of the molecule is CCOc1cc(CNC[C@H](O)c2ccccc2)cc(Cl)c1OCc1cccc(C)c1. The lowest BCUT2D eigenvalue weighted by Gasteiger charge is -2.16. The zero-order valence-electron chi connectivity index (χ0n) is 17.4. The molecule has 0 spiro atoms. The summed E-state index contributed by atoms with van der Waals surface area (Å²) < 4.78 is 11.8. The van der Waals surface area contributed by atoms with Crippen LogP contribution in [0, 0.1) is 6.92 Å². The van der Waals surface area contributed by atoms with Gasteiger partial charge >= 0.3 is 0 Å². The highest BCUT2D eigenvalue weighted by molar-refractivity contribution is 6.32. The first-order valence-electron chi connectivity index (χ1n) is 10.1. The molecule has 0 fully saturated rings. The highest BCUT2D eigenvalue weighted by Gasteiger charge is 2.14. The van der Waals surface area contributed by atoms with Gasteiger partial charge in [-0.3, -0.25) is 0 Å². The van der Waals surface area contributed by atoms with E-state index in [9.17, 15) is 5.11 Å². The van der Waals surface area contributed by atoms with E-state index in [0.717, 1.165) is 16.7 Å². The summed E-state index contributed by atoms with van der Waals surface area (Å²) >= 11 is 6.52. The molecule has 3 aromatic carbocycles. The lowest BCUT2D eigenvalue weighted by atomic mass is 10.1. The molecule has 4 nitrogen and oxygen atoms in total. The fourth-order valence-corrected chi connectivity index (χ4v) is 3.52. The highest BCUT2D eigenvalue weighted by atomic mass is 35.5. The number of aryl methyl sites for hydroxylation is 1. The minimum absolute atomic E-state index is 0.419. The Morgan fingerprint density at radius 3 is 2.50 bits per heavy atom. The van der Waals surface area contributed by atoms with Crippen LogP contribution in [0.1, 0.15) is 35.3 Å². The van der Waals surface area contributed by atoms with Gasteiger partial charge in [-0.05, 0) is 42.7 Å². The third-order valence-corrected chi connectivity index (χ3v) is 4.97. The van der Waals surface area contributed by atoms with E-state index in [0.29, 0.717) is 42.8 Å². The van der Waals surface area contributed by atoms with E-state index >= 15 is 0 Å². The van der Waals surface area contributed by atoms with Gasteiger partial charge in [0.15, 0.2) is 11.5 Å². The topological polar surface area (TPSA) is 50.7 Å². The lowest BCUT2D eigenvalue weighted by molar-refractivity contribution is 0.174. The Kier molecular flexibility index (Phi) is 8.14. The summed E-state index contributed by atoms with van der Waals surface area (Å²) in [5.41, 5.74) is 4.12. The summed E-state index contributed by atoms with van der Waals surface area (Å²) in [6, 6.07) is 21.6. The maximum absolute atomic E-state index is 10.3. The summed E-state index contributed by atoms with van der Waals surface area (Å²) in [5, 5.41) is 14.1. The van der Waals surface area contributed by atoms with Gasteiger partial charge in [0.25, 0.3) is 0 Å². The third-order valence-electron chi connectivity index (χ3n) is 4.69. The number of aliphatic hydroxyl groups excluding tert-OH is 1. The van der Waals surface area contributed by atoms with Crippen molar-refractivity contribution in [1.82, 2.24) is 5.32 Å². The second kappa shape index (κ2) is 11.0. The van der Waals surface area contributed by atoms with Crippen molar-refractivity contribution in [3.8, 4) is 11.5 Å². The van der Waals surface area contributed by atoms with E-state index in [-0.39, 0.29) is 0 Å². The number of hydrogen-bond acceptors (Lipinski definition) is 4. The van der Waals surface area contributed by atoms with Crippen LogP contribution >= 0.6 is 11.6 Å². The van der Waals surface area contributed by atoms with E-state index in [1.54, 1.807) is 0 Å². The zero-order valence-corrected chi connectivity index (χ0v) is 18.2. The summed E-state index contributed by atoms with van der Waals surface area (Å²) in [7, 11) is 0. The third kappa shape index (κ3) is 6.23. The van der Waals surface area contributed by atoms with E-state index in [4.69, 9.17) is 21.1 Å². The average Bonchev–Trinajstić information content (AvgIpc) is 2.74. The van der Waals surface area contributed by atoms with Gasteiger partial charge in [0.2, 0.25) is 0 Å². The van der Waals surface area contributed by atoms with Crippen LogP contribution in [-0.4, -0.2) is 18.3 Å². The Morgan fingerprint density at radius 2 is 1.77 bits per heavy atom. The fourth-order valence-electron chi connectivity index (χ4n) is 3.23. The molecular formula is C25H28ClNO3. The minimum atomic E-state index is -0.565. The molecule has 0 saturated carbocycles. The molecule has 158 valence electrons. The van der Waals surface area contributed by atoms with Gasteiger partial charge in [-0.25, -0.2) is 0 Å². The molecule has 1 atom stereocenters. The van der Waals surface area contributed by atoms with Crippen LogP contribution in [0.25, 0.3) is 0 Å². The molecule has 0 heterocycles. The van der Waals surface area contributed by atoms with E-state index < -0.39 is 6.10 Å². The molecule has 2 N–H and O–H groups in total. The van der Waals surface area contributed by atoms with Gasteiger partial charge in [-0.2, -0.15) is 0 Å². The zero-order chi connectivity index (χ0) is 21.3. The van der Waals surface area contributed by atoms with E-state index in [1.807, 2.05) is 61.5 Å². The number of hydrogen-bond donors (Lipinski definition) is 2. The van der Waals surface area contributed by atoms with Crippen molar-refractivity contribution < 1.29 is 14.6 Å². The first-order chi connectivity index (χ1) is 14.6. The van der Waals surface area contributed by atoms with Gasteiger partial charge in [0, 0.05) is 13.1 Å². The molecule has 0 radical (unpaired) electrons. The molecule has 3 aromatic rings. The molecule has 30 heavy (non-hydrogen) atoms. The Morgan fingerprint density at radius 1 is 0.967 bits per heavy atom. The smallest absolute Gasteiger partial charge is 0.180 e. The van der Waals surface area contributed by atoms with Crippen molar-refractivity contribution in [2.45, 2.75) is 33.1 Å². The van der Waals surface area contributed by atoms with Crippen molar-refractivity contribution in [2.24, 2.45) is 0 Å². The Labute approximate surface area is 183 Å². The highest BCUT2D eigenvalue weighted by Crippen LogP contribution is 2.37. The number of benzene rings is 3. The van der Waals surface area contributed by atoms with E-state index in [1.165, 1.54) is 5.56 Å². The van der Waals surface area contributed by atoms with Crippen LogP contribution in [0.5, 0.6) is 11.5 Å². The van der Waals surface area contributed by atoms with Crippen LogP contribution in [0.2, 0.25) is 5.02 Å². The number of aliphatic hydroxyl groups is 1. The maximum Gasteiger partial charge on any atom is 0.180 e. The predicted octanol–water partition coefficient (Wildman–Crippen LogP) is 5.45. The number of nitrogens with one attached hydrogen (secondary N) is 1. The number of halogens is 1. The maximum atomic E-state index is 10.3. The molecule has 0 aromatic heterocycles. The van der Waals surface area contributed by atoms with Crippen LogP contribution in [0.3, 0.4) is 0 Å². The summed E-state index contributed by atoms with van der Waals surface area (Å²) in [5.74, 6) is 1.17. The average molecular weight is 426 g/mol. The lowest BCUT2D eigenvalue weighted by Crippen LogP contribution is -2.21. The summed E-state index contributed by atoms with van der Waals surface area (Å²) in [6.45, 7) is 5.92. The normalized spacial score (nSPS) is 11.9. The first-order valence-corrected chi connectivity index (χ1v) is 10.5. The second-order valence-electron chi connectivity index (χ2n) is 7.17. The van der Waals surface area contributed by atoms with Crippen molar-refractivity contribution in [3.05, 3.63) is 94.0 Å². The second-order valence-corrected chi connectivity index (χ2v) is 7.58. The molecule has 3 rings (SSSR count). The minimum Gasteiger partial charge on any atom is -0.490 e. The summed E-state index contributed by atoms with van der Waals surface area (Å²) in [4.78, 5) is 0. The molecule has 0 bridgehead atoms. The number of ether oxygens (including phenoxy) is 2. The summed E-state index contributed by atoms with van der Waals surface area (Å²) in [6.07, 6.45) is -0.565.